The van der Waals surface area contributed by atoms with Crippen LogP contribution in [0.1, 0.15) is 35.4 Å². The second-order valence-corrected chi connectivity index (χ2v) is 12.7. The highest BCUT2D eigenvalue weighted by atomic mass is 19.1. The molecule has 0 spiro atoms. The number of hydroxylamine groups is 2. The molecule has 3 aliphatic rings. The Hall–Kier alpha value is -4.03. The van der Waals surface area contributed by atoms with Crippen LogP contribution in [-0.4, -0.2) is 63.9 Å². The van der Waals surface area contributed by atoms with Crippen molar-refractivity contribution >= 4 is 22.9 Å². The van der Waals surface area contributed by atoms with Gasteiger partial charge in [0.1, 0.15) is 36.1 Å². The van der Waals surface area contributed by atoms with Crippen LogP contribution in [0.2, 0.25) is 0 Å². The number of likely N-dealkylation sites (N-methyl/N-ethyl adjacent to an activating group) is 1. The van der Waals surface area contributed by atoms with E-state index in [1.807, 2.05) is 12.1 Å². The van der Waals surface area contributed by atoms with E-state index in [0.29, 0.717) is 29.1 Å². The van der Waals surface area contributed by atoms with Crippen LogP contribution < -0.4 is 20.4 Å². The molecule has 10 nitrogen and oxygen atoms in total. The van der Waals surface area contributed by atoms with E-state index in [0.717, 1.165) is 63.2 Å². The van der Waals surface area contributed by atoms with E-state index in [1.54, 1.807) is 25.5 Å². The number of aliphatic hydroxyl groups excluding tert-OH is 1. The standard InChI is InChI=1S/C34H40FN7O3/c1-38-9-11-40(12-10-38)26-7-8-33(36-19-26)37-30-16-24(20-39(2)34(30)44)28-17-25(35)18-32(29(28)22-43)42(45)14-13-41-27(21-42)15-23-5-3-4-6-31(23)41/h7-8,15-20,43H,3-6,9-14,21-22H2,1-2H3,(H,36,37). The highest BCUT2D eigenvalue weighted by molar-refractivity contribution is 5.76. The van der Waals surface area contributed by atoms with Gasteiger partial charge in [0, 0.05) is 62.3 Å². The van der Waals surface area contributed by atoms with Crippen LogP contribution in [0, 0.1) is 11.0 Å². The number of nitrogens with one attached hydrogen (secondary N) is 1. The van der Waals surface area contributed by atoms with Crippen LogP contribution in [-0.2, 0) is 39.6 Å². The lowest BCUT2D eigenvalue weighted by Crippen LogP contribution is -2.49. The molecule has 1 aliphatic carbocycles. The van der Waals surface area contributed by atoms with Gasteiger partial charge in [-0.25, -0.2) is 9.37 Å². The van der Waals surface area contributed by atoms with Gasteiger partial charge in [0.15, 0.2) is 0 Å². The second kappa shape index (κ2) is 11.7. The molecule has 3 aromatic heterocycles. The van der Waals surface area contributed by atoms with Crippen molar-refractivity contribution in [2.24, 2.45) is 7.05 Å². The molecule has 236 valence electrons. The van der Waals surface area contributed by atoms with E-state index in [9.17, 15) is 15.1 Å². The highest BCUT2D eigenvalue weighted by Gasteiger charge is 2.34. The number of aromatic nitrogens is 3. The first-order chi connectivity index (χ1) is 21.7. The Labute approximate surface area is 262 Å². The Balaban J connectivity index is 1.20. The molecule has 0 amide bonds. The minimum absolute atomic E-state index is 0.179. The van der Waals surface area contributed by atoms with E-state index in [-0.39, 0.29) is 30.0 Å². The molecular weight excluding hydrogens is 573 g/mol. The van der Waals surface area contributed by atoms with E-state index < -0.39 is 17.1 Å². The minimum atomic E-state index is -0.746. The van der Waals surface area contributed by atoms with Crippen molar-refractivity contribution in [2.75, 3.05) is 50.0 Å². The molecule has 1 atom stereocenters. The molecule has 0 saturated carbocycles. The number of quaternary nitrogens is 1. The molecule has 1 aromatic carbocycles. The molecule has 2 aliphatic heterocycles. The molecular formula is C34H40FN7O3. The summed E-state index contributed by atoms with van der Waals surface area (Å²) in [6.07, 6.45) is 7.78. The molecule has 0 radical (unpaired) electrons. The lowest BCUT2D eigenvalue weighted by molar-refractivity contribution is 0.264. The van der Waals surface area contributed by atoms with Gasteiger partial charge in [0.25, 0.3) is 5.56 Å². The summed E-state index contributed by atoms with van der Waals surface area (Å²) in [7, 11) is 3.74. The largest absolute Gasteiger partial charge is 0.627 e. The summed E-state index contributed by atoms with van der Waals surface area (Å²) in [5.41, 5.74) is 6.12. The lowest BCUT2D eigenvalue weighted by atomic mass is 9.97. The van der Waals surface area contributed by atoms with Crippen LogP contribution in [0.15, 0.2) is 53.6 Å². The van der Waals surface area contributed by atoms with Gasteiger partial charge in [-0.3, -0.25) is 4.79 Å². The molecule has 5 heterocycles. The zero-order valence-electron chi connectivity index (χ0n) is 25.9. The molecule has 2 N–H and O–H groups in total. The predicted molar refractivity (Wildman–Crippen MR) is 175 cm³/mol. The van der Waals surface area contributed by atoms with Gasteiger partial charge >= 0.3 is 0 Å². The number of pyridine rings is 2. The Kier molecular flexibility index (Phi) is 7.73. The number of hydrogen-bond donors (Lipinski definition) is 2. The summed E-state index contributed by atoms with van der Waals surface area (Å²) in [4.78, 5) is 22.3. The number of benzene rings is 1. The summed E-state index contributed by atoms with van der Waals surface area (Å²) in [5.74, 6) is -0.0529. The first-order valence-electron chi connectivity index (χ1n) is 15.8. The number of piperazine rings is 1. The van der Waals surface area contributed by atoms with E-state index in [2.05, 4.69) is 37.8 Å². The second-order valence-electron chi connectivity index (χ2n) is 12.7. The van der Waals surface area contributed by atoms with Crippen LogP contribution >= 0.6 is 0 Å². The van der Waals surface area contributed by atoms with Crippen LogP contribution in [0.25, 0.3) is 11.1 Å². The van der Waals surface area contributed by atoms with Crippen molar-refractivity contribution in [3.8, 4) is 11.1 Å². The van der Waals surface area contributed by atoms with E-state index in [4.69, 9.17) is 0 Å². The van der Waals surface area contributed by atoms with Gasteiger partial charge in [-0.2, -0.15) is 0 Å². The van der Waals surface area contributed by atoms with Crippen molar-refractivity contribution in [2.45, 2.75) is 45.4 Å². The maximum atomic E-state index is 15.3. The molecule has 0 bridgehead atoms. The average molecular weight is 614 g/mol. The molecule has 1 saturated heterocycles. The third-order valence-electron chi connectivity index (χ3n) is 9.76. The Morgan fingerprint density at radius 2 is 1.84 bits per heavy atom. The van der Waals surface area contributed by atoms with Crippen molar-refractivity contribution < 1.29 is 9.50 Å². The molecule has 4 aromatic rings. The Morgan fingerprint density at radius 3 is 2.60 bits per heavy atom. The molecule has 1 fully saturated rings. The summed E-state index contributed by atoms with van der Waals surface area (Å²) in [5, 5.41) is 28.2. The van der Waals surface area contributed by atoms with Gasteiger partial charge in [-0.1, -0.05) is 0 Å². The van der Waals surface area contributed by atoms with Gasteiger partial charge in [-0.05, 0) is 74.2 Å². The SMILES string of the molecule is CN1CCN(c2ccc(Nc3cc(-c4cc(F)cc([N+]5([O-])CCn6c(cc7c6CCCC7)C5)c4CO)cn(C)c3=O)nc2)CC1. The number of rotatable bonds is 6. The number of hydrogen-bond acceptors (Lipinski definition) is 7. The highest BCUT2D eigenvalue weighted by Crippen LogP contribution is 2.40. The monoisotopic (exact) mass is 613 g/mol. The van der Waals surface area contributed by atoms with Crippen molar-refractivity contribution in [3.05, 3.63) is 92.7 Å². The number of aliphatic hydroxyl groups is 1. The van der Waals surface area contributed by atoms with Gasteiger partial charge < -0.3 is 39.2 Å². The minimum Gasteiger partial charge on any atom is -0.627 e. The number of aryl methyl sites for hydroxylation is 2. The number of halogens is 1. The zero-order valence-corrected chi connectivity index (χ0v) is 25.9. The Morgan fingerprint density at radius 1 is 1.04 bits per heavy atom. The molecule has 1 unspecified atom stereocenters. The fraction of sp³-hybridized carbons (Fsp3) is 0.412. The summed E-state index contributed by atoms with van der Waals surface area (Å²) in [6, 6.07) is 10.2. The molecule has 11 heteroatoms. The zero-order chi connectivity index (χ0) is 31.3. The summed E-state index contributed by atoms with van der Waals surface area (Å²) < 4.78 is 18.3. The van der Waals surface area contributed by atoms with Gasteiger partial charge in [0.2, 0.25) is 0 Å². The topological polar surface area (TPSA) is 102 Å². The smallest absolute Gasteiger partial charge is 0.274 e. The fourth-order valence-corrected chi connectivity index (χ4v) is 7.25. The summed E-state index contributed by atoms with van der Waals surface area (Å²) in [6.45, 7) is 4.37. The first-order valence-corrected chi connectivity index (χ1v) is 15.8. The van der Waals surface area contributed by atoms with Gasteiger partial charge in [-0.15, -0.1) is 0 Å². The lowest BCUT2D eigenvalue weighted by Gasteiger charge is -2.46. The van der Waals surface area contributed by atoms with Crippen LogP contribution in [0.3, 0.4) is 0 Å². The van der Waals surface area contributed by atoms with E-state index in [1.165, 1.54) is 28.0 Å². The van der Waals surface area contributed by atoms with Gasteiger partial charge in [0.05, 0.1) is 30.7 Å². The average Bonchev–Trinajstić information content (AvgIpc) is 3.40. The third kappa shape index (κ3) is 5.54. The van der Waals surface area contributed by atoms with Crippen LogP contribution in [0.5, 0.6) is 0 Å². The van der Waals surface area contributed by atoms with E-state index >= 15 is 4.39 Å². The van der Waals surface area contributed by atoms with Crippen molar-refractivity contribution in [3.63, 3.8) is 0 Å². The predicted octanol–water partition coefficient (Wildman–Crippen LogP) is 4.27. The summed E-state index contributed by atoms with van der Waals surface area (Å²) >= 11 is 0. The third-order valence-corrected chi connectivity index (χ3v) is 9.76. The molecule has 45 heavy (non-hydrogen) atoms. The first kappa shape index (κ1) is 29.7. The fourth-order valence-electron chi connectivity index (χ4n) is 7.25. The number of nitrogens with zero attached hydrogens (tertiary/aromatic N) is 6. The van der Waals surface area contributed by atoms with Crippen molar-refractivity contribution in [1.82, 2.24) is 23.7 Å². The van der Waals surface area contributed by atoms with Crippen molar-refractivity contribution in [1.29, 1.82) is 0 Å². The molecule has 7 rings (SSSR count). The Bertz CT molecular complexity index is 1790. The maximum absolute atomic E-state index is 15.3. The normalized spacial score (nSPS) is 20.2. The number of anilines is 3. The maximum Gasteiger partial charge on any atom is 0.274 e. The number of fused-ring (bicyclic) bond motifs is 3. The van der Waals surface area contributed by atoms with Crippen LogP contribution in [0.4, 0.5) is 27.3 Å². The quantitative estimate of drug-likeness (QED) is 0.247.